The smallest absolute Gasteiger partial charge is 0.408 e. The number of hydrogen-bond donors (Lipinski definition) is 2. The number of unbranched alkanes of at least 4 members (excludes halogenated alkanes) is 1. The number of carbonyl (C=O) groups is 1. The monoisotopic (exact) mass is 314 g/mol. The van der Waals surface area contributed by atoms with Crippen molar-refractivity contribution in [2.45, 2.75) is 58.7 Å². The summed E-state index contributed by atoms with van der Waals surface area (Å²) in [7, 11) is 0. The molecule has 8 heteroatoms. The van der Waals surface area contributed by atoms with E-state index >= 15 is 0 Å². The number of nitrogens with two attached hydrogens (primary N) is 1. The first-order valence-corrected chi connectivity index (χ1v) is 7.45. The lowest BCUT2D eigenvalue weighted by molar-refractivity contribution is 0.0431. The van der Waals surface area contributed by atoms with Crippen molar-refractivity contribution in [3.8, 4) is 0 Å². The van der Waals surface area contributed by atoms with Gasteiger partial charge in [-0.05, 0) is 27.2 Å². The third kappa shape index (κ3) is 6.86. The molecular weight excluding hydrogens is 288 g/mol. The van der Waals surface area contributed by atoms with Crippen LogP contribution in [0.2, 0.25) is 0 Å². The van der Waals surface area contributed by atoms with Crippen LogP contribution in [0.25, 0.3) is 0 Å². The molecule has 8 nitrogen and oxygen atoms in total. The topological polar surface area (TPSA) is 112 Å². The molecule has 1 rings (SSSR count). The Bertz CT molecular complexity index is 456. The number of alkyl carbamates (subject to hydrolysis) is 1. The molecule has 0 fully saturated rings. The van der Waals surface area contributed by atoms with Gasteiger partial charge >= 0.3 is 6.09 Å². The molecule has 0 spiro atoms. The van der Waals surface area contributed by atoms with Crippen LogP contribution < -0.4 is 11.1 Å². The molecule has 0 aliphatic rings. The molecule has 3 N–H and O–H groups in total. The number of amides is 1. The summed E-state index contributed by atoms with van der Waals surface area (Å²) in [6, 6.07) is -0.546. The predicted octanol–water partition coefficient (Wildman–Crippen LogP) is 1.91. The van der Waals surface area contributed by atoms with Crippen molar-refractivity contribution in [1.82, 2.24) is 15.5 Å². The SMILES string of the molecule is CCCCOC[C@H](NC(=O)OC(C)(C)C)c1noc(CN)n1. The van der Waals surface area contributed by atoms with Crippen molar-refractivity contribution < 1.29 is 18.8 Å². The average molecular weight is 314 g/mol. The molecule has 0 saturated heterocycles. The Morgan fingerprint density at radius 2 is 2.18 bits per heavy atom. The Balaban J connectivity index is 2.66. The quantitative estimate of drug-likeness (QED) is 0.705. The van der Waals surface area contributed by atoms with E-state index in [1.165, 1.54) is 0 Å². The van der Waals surface area contributed by atoms with Crippen molar-refractivity contribution in [2.24, 2.45) is 5.73 Å². The number of nitrogens with zero attached hydrogens (tertiary/aromatic N) is 2. The molecule has 0 unspecified atom stereocenters. The second-order valence-electron chi connectivity index (χ2n) is 5.88. The highest BCUT2D eigenvalue weighted by atomic mass is 16.6. The van der Waals surface area contributed by atoms with E-state index in [0.29, 0.717) is 18.3 Å². The van der Waals surface area contributed by atoms with Crippen molar-refractivity contribution in [3.05, 3.63) is 11.7 Å². The molecule has 0 saturated carbocycles. The summed E-state index contributed by atoms with van der Waals surface area (Å²) < 4.78 is 15.7. The third-order valence-electron chi connectivity index (χ3n) is 2.59. The van der Waals surface area contributed by atoms with Gasteiger partial charge in [0.2, 0.25) is 5.89 Å². The maximum atomic E-state index is 11.9. The first kappa shape index (κ1) is 18.4. The maximum Gasteiger partial charge on any atom is 0.408 e. The van der Waals surface area contributed by atoms with Crippen LogP contribution >= 0.6 is 0 Å². The van der Waals surface area contributed by atoms with E-state index in [9.17, 15) is 4.79 Å². The molecule has 126 valence electrons. The lowest BCUT2D eigenvalue weighted by atomic mass is 10.2. The van der Waals surface area contributed by atoms with Gasteiger partial charge in [-0.1, -0.05) is 18.5 Å². The zero-order valence-corrected chi connectivity index (χ0v) is 13.7. The third-order valence-corrected chi connectivity index (χ3v) is 2.59. The molecule has 0 aromatic carbocycles. The highest BCUT2D eigenvalue weighted by molar-refractivity contribution is 5.68. The van der Waals surface area contributed by atoms with Crippen LogP contribution in [-0.4, -0.2) is 35.0 Å². The van der Waals surface area contributed by atoms with Crippen molar-refractivity contribution >= 4 is 6.09 Å². The second kappa shape index (κ2) is 8.70. The molecule has 1 aromatic heterocycles. The fourth-order valence-corrected chi connectivity index (χ4v) is 1.57. The maximum absolute atomic E-state index is 11.9. The van der Waals surface area contributed by atoms with E-state index in [0.717, 1.165) is 12.8 Å². The van der Waals surface area contributed by atoms with Gasteiger partial charge in [0.1, 0.15) is 11.6 Å². The van der Waals surface area contributed by atoms with Crippen LogP contribution in [0.4, 0.5) is 4.79 Å². The number of ether oxygens (including phenoxy) is 2. The van der Waals surface area contributed by atoms with E-state index < -0.39 is 17.7 Å². The van der Waals surface area contributed by atoms with Crippen LogP contribution in [0.1, 0.15) is 58.3 Å². The molecule has 1 aromatic rings. The normalized spacial score (nSPS) is 13.0. The van der Waals surface area contributed by atoms with Gasteiger partial charge in [-0.25, -0.2) is 4.79 Å². The minimum absolute atomic E-state index is 0.142. The summed E-state index contributed by atoms with van der Waals surface area (Å²) >= 11 is 0. The van der Waals surface area contributed by atoms with E-state index in [4.69, 9.17) is 19.7 Å². The Hall–Kier alpha value is -1.67. The zero-order valence-electron chi connectivity index (χ0n) is 13.7. The lowest BCUT2D eigenvalue weighted by Crippen LogP contribution is -2.37. The van der Waals surface area contributed by atoms with Gasteiger partial charge in [0.15, 0.2) is 5.82 Å². The van der Waals surface area contributed by atoms with Gasteiger partial charge in [0, 0.05) is 6.61 Å². The highest BCUT2D eigenvalue weighted by Gasteiger charge is 2.24. The van der Waals surface area contributed by atoms with E-state index in [-0.39, 0.29) is 13.2 Å². The number of carbonyl (C=O) groups excluding carboxylic acids is 1. The zero-order chi connectivity index (χ0) is 16.6. The van der Waals surface area contributed by atoms with Crippen LogP contribution in [0, 0.1) is 0 Å². The van der Waals surface area contributed by atoms with Crippen LogP contribution in [0.5, 0.6) is 0 Å². The van der Waals surface area contributed by atoms with E-state index in [2.05, 4.69) is 22.4 Å². The summed E-state index contributed by atoms with van der Waals surface area (Å²) in [5.74, 6) is 0.627. The first-order valence-electron chi connectivity index (χ1n) is 7.45. The Kier molecular flexibility index (Phi) is 7.26. The van der Waals surface area contributed by atoms with Crippen LogP contribution in [0.3, 0.4) is 0 Å². The van der Waals surface area contributed by atoms with Gasteiger partial charge in [0.25, 0.3) is 0 Å². The highest BCUT2D eigenvalue weighted by Crippen LogP contribution is 2.13. The number of aromatic nitrogens is 2. The largest absolute Gasteiger partial charge is 0.444 e. The van der Waals surface area contributed by atoms with Gasteiger partial charge in [-0.3, -0.25) is 0 Å². The number of hydrogen-bond acceptors (Lipinski definition) is 7. The van der Waals surface area contributed by atoms with Crippen molar-refractivity contribution in [3.63, 3.8) is 0 Å². The van der Waals surface area contributed by atoms with Crippen LogP contribution in [0.15, 0.2) is 4.52 Å². The molecule has 0 bridgehead atoms. The van der Waals surface area contributed by atoms with Crippen molar-refractivity contribution in [2.75, 3.05) is 13.2 Å². The summed E-state index contributed by atoms with van der Waals surface area (Å²) in [5.41, 5.74) is 4.86. The van der Waals surface area contributed by atoms with Gasteiger partial charge in [0.05, 0.1) is 13.2 Å². The van der Waals surface area contributed by atoms with E-state index in [1.54, 1.807) is 20.8 Å². The minimum atomic E-state index is -0.586. The summed E-state index contributed by atoms with van der Waals surface area (Å²) in [6.07, 6.45) is 1.42. The average Bonchev–Trinajstić information content (AvgIpc) is 2.89. The van der Waals surface area contributed by atoms with Gasteiger partial charge in [-0.15, -0.1) is 0 Å². The Labute approximate surface area is 130 Å². The fraction of sp³-hybridized carbons (Fsp3) is 0.786. The first-order chi connectivity index (χ1) is 10.4. The Morgan fingerprint density at radius 3 is 2.73 bits per heavy atom. The molecular formula is C14H26N4O4. The summed E-state index contributed by atoms with van der Waals surface area (Å²) in [6.45, 7) is 8.43. The molecule has 1 atom stereocenters. The molecule has 0 aliphatic carbocycles. The molecule has 0 radical (unpaired) electrons. The minimum Gasteiger partial charge on any atom is -0.444 e. The fourth-order valence-electron chi connectivity index (χ4n) is 1.57. The van der Waals surface area contributed by atoms with E-state index in [1.807, 2.05) is 0 Å². The predicted molar refractivity (Wildman–Crippen MR) is 80.0 cm³/mol. The molecule has 1 heterocycles. The number of rotatable bonds is 8. The summed E-state index contributed by atoms with van der Waals surface area (Å²) in [4.78, 5) is 16.0. The standard InChI is InChI=1S/C14H26N4O4/c1-5-6-7-20-9-10(12-17-11(8-15)22-18-12)16-13(19)21-14(2,3)4/h10H,5-9,15H2,1-4H3,(H,16,19)/t10-/m0/s1. The van der Waals surface area contributed by atoms with Gasteiger partial charge < -0.3 is 25.0 Å². The molecule has 0 aliphatic heterocycles. The lowest BCUT2D eigenvalue weighted by Gasteiger charge is -2.22. The number of nitrogens with one attached hydrogen (secondary N) is 1. The second-order valence-corrected chi connectivity index (χ2v) is 5.88. The van der Waals surface area contributed by atoms with Gasteiger partial charge in [-0.2, -0.15) is 4.98 Å². The molecule has 1 amide bonds. The Morgan fingerprint density at radius 1 is 1.45 bits per heavy atom. The van der Waals surface area contributed by atoms with Crippen LogP contribution in [-0.2, 0) is 16.0 Å². The summed E-state index contributed by atoms with van der Waals surface area (Å²) in [5, 5.41) is 6.51. The molecule has 22 heavy (non-hydrogen) atoms. The van der Waals surface area contributed by atoms with Crippen molar-refractivity contribution in [1.29, 1.82) is 0 Å².